The summed E-state index contributed by atoms with van der Waals surface area (Å²) in [6.07, 6.45) is 3.41. The van der Waals surface area contributed by atoms with Crippen LogP contribution in [-0.4, -0.2) is 50.3 Å². The van der Waals surface area contributed by atoms with Crippen LogP contribution < -0.4 is 0 Å². The number of hydrogen-bond acceptors (Lipinski definition) is 3. The topological polar surface area (TPSA) is 38.8 Å². The molecular formula is C19H26FNO3. The van der Waals surface area contributed by atoms with E-state index in [1.54, 1.807) is 13.2 Å². The van der Waals surface area contributed by atoms with Crippen LogP contribution in [-0.2, 0) is 20.7 Å². The maximum atomic E-state index is 13.2. The lowest BCUT2D eigenvalue weighted by molar-refractivity contribution is -0.161. The van der Waals surface area contributed by atoms with E-state index < -0.39 is 0 Å². The highest BCUT2D eigenvalue weighted by Crippen LogP contribution is 2.40. The number of carbonyl (C=O) groups is 1. The van der Waals surface area contributed by atoms with E-state index in [4.69, 9.17) is 9.47 Å². The number of benzene rings is 1. The van der Waals surface area contributed by atoms with Gasteiger partial charge in [-0.1, -0.05) is 6.07 Å². The zero-order valence-corrected chi connectivity index (χ0v) is 14.5. The third kappa shape index (κ3) is 3.47. The van der Waals surface area contributed by atoms with E-state index in [9.17, 15) is 9.18 Å². The largest absolute Gasteiger partial charge is 0.384 e. The molecule has 0 unspecified atom stereocenters. The maximum Gasteiger partial charge on any atom is 0.227 e. The van der Waals surface area contributed by atoms with E-state index >= 15 is 0 Å². The van der Waals surface area contributed by atoms with E-state index in [0.29, 0.717) is 19.6 Å². The number of hydrogen-bond donors (Lipinski definition) is 0. The zero-order chi connectivity index (χ0) is 17.2. The fourth-order valence-electron chi connectivity index (χ4n) is 4.13. The van der Waals surface area contributed by atoms with E-state index in [0.717, 1.165) is 43.5 Å². The summed E-state index contributed by atoms with van der Waals surface area (Å²) < 4.78 is 24.7. The molecule has 0 radical (unpaired) electrons. The third-order valence-electron chi connectivity index (χ3n) is 5.42. The fraction of sp³-hybridized carbons (Fsp3) is 0.632. The van der Waals surface area contributed by atoms with Crippen LogP contribution in [0.2, 0.25) is 0 Å². The molecule has 1 aromatic rings. The molecule has 5 heteroatoms. The minimum absolute atomic E-state index is 0.0846. The standard InChI is InChI=1S/C19H26FNO3/c1-14-10-16(20)5-4-15(14)11-18(22)21-8-6-17-19(12-21,13-23-2)7-3-9-24-17/h4-5,10,17H,3,6-9,11-13H2,1-2H3/t17-,19+/m1/s1. The van der Waals surface area contributed by atoms with Gasteiger partial charge in [0.2, 0.25) is 5.91 Å². The van der Waals surface area contributed by atoms with Gasteiger partial charge in [0, 0.05) is 32.2 Å². The van der Waals surface area contributed by atoms with E-state index in [1.165, 1.54) is 12.1 Å². The molecule has 0 bridgehead atoms. The van der Waals surface area contributed by atoms with Crippen molar-refractivity contribution < 1.29 is 18.7 Å². The van der Waals surface area contributed by atoms with Gasteiger partial charge in [-0.05, 0) is 49.4 Å². The number of rotatable bonds is 4. The number of amides is 1. The van der Waals surface area contributed by atoms with E-state index in [-0.39, 0.29) is 23.2 Å². The summed E-state index contributed by atoms with van der Waals surface area (Å²) in [5, 5.41) is 0. The smallest absolute Gasteiger partial charge is 0.227 e. The normalized spacial score (nSPS) is 27.0. The SMILES string of the molecule is COC[C@@]12CCCO[C@@H]1CCN(C(=O)Cc1ccc(F)cc1C)C2. The number of aryl methyl sites for hydroxylation is 1. The van der Waals surface area contributed by atoms with Crippen LogP contribution in [0.1, 0.15) is 30.4 Å². The molecule has 0 N–H and O–H groups in total. The summed E-state index contributed by atoms with van der Waals surface area (Å²) in [7, 11) is 1.71. The molecule has 2 aliphatic heterocycles. The second kappa shape index (κ2) is 7.19. The Bertz CT molecular complexity index is 602. The summed E-state index contributed by atoms with van der Waals surface area (Å²) in [5.74, 6) is -0.160. The fourth-order valence-corrected chi connectivity index (χ4v) is 4.13. The average Bonchev–Trinajstić information content (AvgIpc) is 2.57. The second-order valence-electron chi connectivity index (χ2n) is 7.11. The quantitative estimate of drug-likeness (QED) is 0.849. The summed E-state index contributed by atoms with van der Waals surface area (Å²) in [6, 6.07) is 4.61. The third-order valence-corrected chi connectivity index (χ3v) is 5.42. The molecule has 0 aromatic heterocycles. The number of likely N-dealkylation sites (tertiary alicyclic amines) is 1. The van der Waals surface area contributed by atoms with Gasteiger partial charge >= 0.3 is 0 Å². The number of halogens is 1. The molecule has 1 aromatic carbocycles. The Hall–Kier alpha value is -1.46. The Kier molecular flexibility index (Phi) is 5.21. The first-order valence-corrected chi connectivity index (χ1v) is 8.67. The van der Waals surface area contributed by atoms with Gasteiger partial charge in [0.05, 0.1) is 19.1 Å². The van der Waals surface area contributed by atoms with E-state index in [1.807, 2.05) is 11.8 Å². The van der Waals surface area contributed by atoms with Gasteiger partial charge in [-0.25, -0.2) is 4.39 Å². The van der Waals surface area contributed by atoms with Crippen LogP contribution >= 0.6 is 0 Å². The number of fused-ring (bicyclic) bond motifs is 1. The average molecular weight is 335 g/mol. The number of piperidine rings is 1. The highest BCUT2D eigenvalue weighted by atomic mass is 19.1. The molecular weight excluding hydrogens is 309 g/mol. The molecule has 3 rings (SSSR count). The van der Waals surface area contributed by atoms with Crippen LogP contribution in [0, 0.1) is 18.2 Å². The van der Waals surface area contributed by atoms with Gasteiger partial charge in [-0.15, -0.1) is 0 Å². The van der Waals surface area contributed by atoms with Crippen molar-refractivity contribution in [3.8, 4) is 0 Å². The van der Waals surface area contributed by atoms with Crippen molar-refractivity contribution in [1.82, 2.24) is 4.90 Å². The first kappa shape index (κ1) is 17.4. The minimum Gasteiger partial charge on any atom is -0.384 e. The predicted octanol–water partition coefficient (Wildman–Crippen LogP) is 2.72. The van der Waals surface area contributed by atoms with Crippen molar-refractivity contribution in [3.63, 3.8) is 0 Å². The summed E-state index contributed by atoms with van der Waals surface area (Å²) in [4.78, 5) is 14.7. The molecule has 24 heavy (non-hydrogen) atoms. The second-order valence-corrected chi connectivity index (χ2v) is 7.11. The minimum atomic E-state index is -0.261. The molecule has 2 heterocycles. The highest BCUT2D eigenvalue weighted by molar-refractivity contribution is 5.79. The van der Waals surface area contributed by atoms with Crippen molar-refractivity contribution in [1.29, 1.82) is 0 Å². The van der Waals surface area contributed by atoms with Crippen LogP contribution in [0.4, 0.5) is 4.39 Å². The Morgan fingerprint density at radius 1 is 1.50 bits per heavy atom. The zero-order valence-electron chi connectivity index (χ0n) is 14.5. The molecule has 2 saturated heterocycles. The molecule has 1 amide bonds. The van der Waals surface area contributed by atoms with Crippen molar-refractivity contribution in [2.45, 2.75) is 38.7 Å². The Balaban J connectivity index is 1.71. The lowest BCUT2D eigenvalue weighted by atomic mass is 9.73. The summed E-state index contributed by atoms with van der Waals surface area (Å²) in [6.45, 7) is 4.68. The number of ether oxygens (including phenoxy) is 2. The Labute approximate surface area is 142 Å². The van der Waals surface area contributed by atoms with Crippen molar-refractivity contribution in [2.75, 3.05) is 33.4 Å². The first-order valence-electron chi connectivity index (χ1n) is 8.67. The molecule has 132 valence electrons. The molecule has 0 saturated carbocycles. The monoisotopic (exact) mass is 335 g/mol. The van der Waals surface area contributed by atoms with Crippen molar-refractivity contribution >= 4 is 5.91 Å². The molecule has 0 spiro atoms. The Morgan fingerprint density at radius 3 is 3.08 bits per heavy atom. The molecule has 0 aliphatic carbocycles. The van der Waals surface area contributed by atoms with E-state index in [2.05, 4.69) is 0 Å². The number of nitrogens with zero attached hydrogens (tertiary/aromatic N) is 1. The maximum absolute atomic E-state index is 13.2. The van der Waals surface area contributed by atoms with Crippen molar-refractivity contribution in [3.05, 3.63) is 35.1 Å². The lowest BCUT2D eigenvalue weighted by Crippen LogP contribution is -2.58. The van der Waals surface area contributed by atoms with Gasteiger partial charge < -0.3 is 14.4 Å². The highest BCUT2D eigenvalue weighted by Gasteiger charge is 2.46. The molecule has 4 nitrogen and oxygen atoms in total. The number of carbonyl (C=O) groups excluding carboxylic acids is 1. The summed E-state index contributed by atoms with van der Waals surface area (Å²) in [5.41, 5.74) is 1.63. The van der Waals surface area contributed by atoms with Gasteiger partial charge in [0.1, 0.15) is 5.82 Å². The van der Waals surface area contributed by atoms with Gasteiger partial charge in [-0.2, -0.15) is 0 Å². The van der Waals surface area contributed by atoms with Gasteiger partial charge in [-0.3, -0.25) is 4.79 Å². The van der Waals surface area contributed by atoms with Crippen LogP contribution in [0.15, 0.2) is 18.2 Å². The number of methoxy groups -OCH3 is 1. The predicted molar refractivity (Wildman–Crippen MR) is 89.3 cm³/mol. The van der Waals surface area contributed by atoms with Crippen LogP contribution in [0.3, 0.4) is 0 Å². The van der Waals surface area contributed by atoms with Gasteiger partial charge in [0.25, 0.3) is 0 Å². The van der Waals surface area contributed by atoms with Crippen molar-refractivity contribution in [2.24, 2.45) is 5.41 Å². The van der Waals surface area contributed by atoms with Gasteiger partial charge in [0.15, 0.2) is 0 Å². The Morgan fingerprint density at radius 2 is 2.33 bits per heavy atom. The van der Waals surface area contributed by atoms with Crippen LogP contribution in [0.5, 0.6) is 0 Å². The summed E-state index contributed by atoms with van der Waals surface area (Å²) >= 11 is 0. The van der Waals surface area contributed by atoms with Crippen LogP contribution in [0.25, 0.3) is 0 Å². The molecule has 2 fully saturated rings. The molecule has 2 atom stereocenters. The first-order chi connectivity index (χ1) is 11.5. The lowest BCUT2D eigenvalue weighted by Gasteiger charge is -2.50. The molecule has 2 aliphatic rings.